The molecule has 0 fully saturated rings. The maximum atomic E-state index is 12.7. The van der Waals surface area contributed by atoms with Gasteiger partial charge in [0.15, 0.2) is 6.29 Å². The molecular weight excluding hydrogens is 286 g/mol. The van der Waals surface area contributed by atoms with Gasteiger partial charge in [-0.1, -0.05) is 47.5 Å². The van der Waals surface area contributed by atoms with Crippen LogP contribution >= 0.6 is 11.6 Å². The fourth-order valence-corrected chi connectivity index (χ4v) is 2.77. The first-order valence-corrected chi connectivity index (χ1v) is 6.86. The minimum absolute atomic E-state index is 0.151. The van der Waals surface area contributed by atoms with Gasteiger partial charge in [0, 0.05) is 10.9 Å². The molecule has 0 N–H and O–H groups in total. The lowest BCUT2D eigenvalue weighted by Crippen LogP contribution is -2.12. The molecule has 4 heteroatoms. The summed E-state index contributed by atoms with van der Waals surface area (Å²) in [5.74, 6) is -0.243. The zero-order valence-corrected chi connectivity index (χ0v) is 12.1. The highest BCUT2D eigenvalue weighted by Gasteiger charge is 2.20. The van der Waals surface area contributed by atoms with Crippen LogP contribution in [-0.2, 0) is 0 Å². The number of halogens is 1. The maximum Gasteiger partial charge on any atom is 0.263 e. The molecule has 0 aliphatic heterocycles. The van der Waals surface area contributed by atoms with Gasteiger partial charge in [0.2, 0.25) is 0 Å². The lowest BCUT2D eigenvalue weighted by molar-refractivity contribution is 0.0965. The number of hydrogen-bond donors (Lipinski definition) is 0. The van der Waals surface area contributed by atoms with Crippen molar-refractivity contribution >= 4 is 34.7 Å². The Morgan fingerprint density at radius 2 is 1.90 bits per heavy atom. The summed E-state index contributed by atoms with van der Waals surface area (Å²) in [6, 6.07) is 14.5. The van der Waals surface area contributed by atoms with Crippen molar-refractivity contribution in [2.45, 2.75) is 6.92 Å². The zero-order chi connectivity index (χ0) is 15.0. The van der Waals surface area contributed by atoms with Crippen molar-refractivity contribution in [3.05, 3.63) is 70.4 Å². The van der Waals surface area contributed by atoms with E-state index >= 15 is 0 Å². The van der Waals surface area contributed by atoms with Crippen LogP contribution in [-0.4, -0.2) is 16.8 Å². The van der Waals surface area contributed by atoms with Crippen LogP contribution in [0.25, 0.3) is 10.9 Å². The SMILES string of the molecule is Cc1cccc(C(=O)n2c(Cl)c(C=O)c3ccccc32)c1. The van der Waals surface area contributed by atoms with Gasteiger partial charge in [-0.05, 0) is 25.1 Å². The van der Waals surface area contributed by atoms with Crippen molar-refractivity contribution in [1.29, 1.82) is 0 Å². The lowest BCUT2D eigenvalue weighted by atomic mass is 10.1. The third-order valence-corrected chi connectivity index (χ3v) is 3.81. The van der Waals surface area contributed by atoms with Gasteiger partial charge in [0.25, 0.3) is 5.91 Å². The highest BCUT2D eigenvalue weighted by molar-refractivity contribution is 6.36. The smallest absolute Gasteiger partial charge is 0.263 e. The molecule has 0 unspecified atom stereocenters. The van der Waals surface area contributed by atoms with E-state index in [0.29, 0.717) is 28.3 Å². The summed E-state index contributed by atoms with van der Waals surface area (Å²) in [7, 11) is 0. The molecule has 1 heterocycles. The Hall–Kier alpha value is -2.39. The molecule has 0 atom stereocenters. The molecule has 0 radical (unpaired) electrons. The number of fused-ring (bicyclic) bond motifs is 1. The van der Waals surface area contributed by atoms with Crippen LogP contribution in [0, 0.1) is 6.92 Å². The first-order chi connectivity index (χ1) is 10.1. The van der Waals surface area contributed by atoms with Gasteiger partial charge in [0.1, 0.15) is 5.15 Å². The Morgan fingerprint density at radius 3 is 2.62 bits per heavy atom. The summed E-state index contributed by atoms with van der Waals surface area (Å²) in [6.07, 6.45) is 0.685. The van der Waals surface area contributed by atoms with E-state index in [4.69, 9.17) is 11.6 Å². The first kappa shape index (κ1) is 13.6. The van der Waals surface area contributed by atoms with Gasteiger partial charge in [-0.3, -0.25) is 14.2 Å². The largest absolute Gasteiger partial charge is 0.298 e. The number of hydrogen-bond acceptors (Lipinski definition) is 2. The van der Waals surface area contributed by atoms with Gasteiger partial charge in [-0.15, -0.1) is 0 Å². The number of rotatable bonds is 2. The summed E-state index contributed by atoms with van der Waals surface area (Å²) in [6.45, 7) is 1.92. The monoisotopic (exact) mass is 297 g/mol. The number of para-hydroxylation sites is 1. The standard InChI is InChI=1S/C17H12ClNO2/c1-11-5-4-6-12(9-11)17(21)19-15-8-3-2-7-13(15)14(10-20)16(19)18/h2-10H,1H3. The second kappa shape index (κ2) is 5.19. The molecule has 1 aromatic heterocycles. The predicted octanol–water partition coefficient (Wildman–Crippen LogP) is 4.10. The third kappa shape index (κ3) is 2.16. The first-order valence-electron chi connectivity index (χ1n) is 6.49. The second-order valence-corrected chi connectivity index (χ2v) is 5.21. The van der Waals surface area contributed by atoms with Gasteiger partial charge in [-0.2, -0.15) is 0 Å². The topological polar surface area (TPSA) is 39.1 Å². The maximum absolute atomic E-state index is 12.7. The Bertz CT molecular complexity index is 864. The number of nitrogens with zero attached hydrogens (tertiary/aromatic N) is 1. The molecule has 21 heavy (non-hydrogen) atoms. The highest BCUT2D eigenvalue weighted by atomic mass is 35.5. The molecule has 104 valence electrons. The molecular formula is C17H12ClNO2. The van der Waals surface area contributed by atoms with Crippen LogP contribution in [0.3, 0.4) is 0 Å². The molecule has 0 bridgehead atoms. The summed E-state index contributed by atoms with van der Waals surface area (Å²) < 4.78 is 1.38. The molecule has 0 spiro atoms. The molecule has 0 saturated carbocycles. The van der Waals surface area contributed by atoms with E-state index in [9.17, 15) is 9.59 Å². The number of benzene rings is 2. The van der Waals surface area contributed by atoms with Crippen LogP contribution in [0.2, 0.25) is 5.15 Å². The van der Waals surface area contributed by atoms with Crippen LogP contribution in [0.4, 0.5) is 0 Å². The van der Waals surface area contributed by atoms with E-state index in [2.05, 4.69) is 0 Å². The van der Waals surface area contributed by atoms with Gasteiger partial charge in [-0.25, -0.2) is 0 Å². The average molecular weight is 298 g/mol. The summed E-state index contributed by atoms with van der Waals surface area (Å²) in [5, 5.41) is 0.830. The minimum atomic E-state index is -0.243. The molecule has 0 saturated heterocycles. The van der Waals surface area contributed by atoms with Crippen molar-refractivity contribution in [3.8, 4) is 0 Å². The fraction of sp³-hybridized carbons (Fsp3) is 0.0588. The molecule has 3 nitrogen and oxygen atoms in total. The van der Waals surface area contributed by atoms with Crippen LogP contribution in [0.1, 0.15) is 26.3 Å². The fourth-order valence-electron chi connectivity index (χ4n) is 2.45. The number of carbonyl (C=O) groups excluding carboxylic acids is 2. The number of aromatic nitrogens is 1. The Balaban J connectivity index is 2.28. The highest BCUT2D eigenvalue weighted by Crippen LogP contribution is 2.29. The van der Waals surface area contributed by atoms with Crippen molar-refractivity contribution in [2.24, 2.45) is 0 Å². The minimum Gasteiger partial charge on any atom is -0.298 e. The summed E-state index contributed by atoms with van der Waals surface area (Å²) in [5.41, 5.74) is 2.50. The number of carbonyl (C=O) groups is 2. The van der Waals surface area contributed by atoms with Gasteiger partial charge in [0.05, 0.1) is 11.1 Å². The zero-order valence-electron chi connectivity index (χ0n) is 11.3. The van der Waals surface area contributed by atoms with E-state index < -0.39 is 0 Å². The number of aryl methyl sites for hydroxylation is 1. The van der Waals surface area contributed by atoms with E-state index in [1.165, 1.54) is 4.57 Å². The summed E-state index contributed by atoms with van der Waals surface area (Å²) in [4.78, 5) is 24.0. The molecule has 0 amide bonds. The Labute approximate surface area is 126 Å². The molecule has 2 aromatic carbocycles. The van der Waals surface area contributed by atoms with Crippen molar-refractivity contribution < 1.29 is 9.59 Å². The van der Waals surface area contributed by atoms with Crippen molar-refractivity contribution in [3.63, 3.8) is 0 Å². The van der Waals surface area contributed by atoms with Crippen molar-refractivity contribution in [1.82, 2.24) is 4.57 Å². The molecule has 0 aliphatic carbocycles. The van der Waals surface area contributed by atoms with Gasteiger partial charge < -0.3 is 0 Å². The van der Waals surface area contributed by atoms with Crippen LogP contribution < -0.4 is 0 Å². The summed E-state index contributed by atoms with van der Waals surface area (Å²) >= 11 is 6.25. The van der Waals surface area contributed by atoms with E-state index in [1.54, 1.807) is 24.3 Å². The number of aldehydes is 1. The average Bonchev–Trinajstić information content (AvgIpc) is 2.78. The van der Waals surface area contributed by atoms with E-state index in [-0.39, 0.29) is 11.1 Å². The molecule has 3 rings (SSSR count). The lowest BCUT2D eigenvalue weighted by Gasteiger charge is -2.06. The Morgan fingerprint density at radius 1 is 1.14 bits per heavy atom. The Kier molecular flexibility index (Phi) is 3.35. The van der Waals surface area contributed by atoms with Gasteiger partial charge >= 0.3 is 0 Å². The van der Waals surface area contributed by atoms with Crippen LogP contribution in [0.5, 0.6) is 0 Å². The normalized spacial score (nSPS) is 10.8. The molecule has 0 aliphatic rings. The third-order valence-electron chi connectivity index (χ3n) is 3.44. The van der Waals surface area contributed by atoms with Crippen LogP contribution in [0.15, 0.2) is 48.5 Å². The van der Waals surface area contributed by atoms with E-state index in [1.807, 2.05) is 31.2 Å². The quantitative estimate of drug-likeness (QED) is 0.668. The molecule has 3 aromatic rings. The van der Waals surface area contributed by atoms with E-state index in [0.717, 1.165) is 5.56 Å². The van der Waals surface area contributed by atoms with Crippen molar-refractivity contribution in [2.75, 3.05) is 0 Å². The predicted molar refractivity (Wildman–Crippen MR) is 83.2 cm³/mol. The second-order valence-electron chi connectivity index (χ2n) is 4.85.